The molecule has 2 aliphatic heterocycles. The van der Waals surface area contributed by atoms with Gasteiger partial charge in [0.2, 0.25) is 0 Å². The van der Waals surface area contributed by atoms with Crippen molar-refractivity contribution in [2.24, 2.45) is 0 Å². The van der Waals surface area contributed by atoms with Crippen LogP contribution < -0.4 is 15.5 Å². The van der Waals surface area contributed by atoms with E-state index in [2.05, 4.69) is 10.6 Å². The number of anilines is 2. The molecule has 6 nitrogen and oxygen atoms in total. The molecule has 3 N–H and O–H groups in total. The first-order valence-corrected chi connectivity index (χ1v) is 10.2. The monoisotopic (exact) mass is 455 g/mol. The number of urea groups is 1. The summed E-state index contributed by atoms with van der Waals surface area (Å²) in [6.45, 7) is -0.0457. The number of halogens is 3. The molecule has 0 aliphatic carbocycles. The van der Waals surface area contributed by atoms with Crippen LogP contribution in [0.1, 0.15) is 39.2 Å². The van der Waals surface area contributed by atoms with Crippen LogP contribution in [0.4, 0.5) is 25.0 Å². The average Bonchev–Trinajstić information content (AvgIpc) is 3.28. The lowest BCUT2D eigenvalue weighted by Gasteiger charge is -2.21. The summed E-state index contributed by atoms with van der Waals surface area (Å²) in [4.78, 5) is 26.9. The molecule has 9 heteroatoms. The van der Waals surface area contributed by atoms with Crippen molar-refractivity contribution >= 4 is 34.9 Å². The molecule has 2 heterocycles. The summed E-state index contributed by atoms with van der Waals surface area (Å²) in [6.07, 6.45) is -1.02. The summed E-state index contributed by atoms with van der Waals surface area (Å²) in [5.41, 5.74) is 2.19. The van der Waals surface area contributed by atoms with E-state index in [1.54, 1.807) is 18.2 Å². The molecule has 2 atom stereocenters. The zero-order valence-corrected chi connectivity index (χ0v) is 17.2. The SMILES string of the molecule is O=C1N[C@@H](c2cc(F)ccc2Cl)c2c(NC(=O)N3C[C@@H](O)c4cc(F)ccc43)cccc21. The van der Waals surface area contributed by atoms with Gasteiger partial charge in [0.05, 0.1) is 24.4 Å². The van der Waals surface area contributed by atoms with Crippen molar-refractivity contribution in [3.05, 3.63) is 93.5 Å². The van der Waals surface area contributed by atoms with Gasteiger partial charge >= 0.3 is 6.03 Å². The molecule has 0 fully saturated rings. The standard InChI is InChI=1S/C23H16ClF2N3O3/c24-16-6-4-11(25)8-14(16)21-20-13(22(31)28-21)2-1-3-17(20)27-23(32)29-10-19(30)15-9-12(26)5-7-18(15)29/h1-9,19,21,30H,10H2,(H,27,32)(H,28,31)/t19-,21+/m1/s1. The highest BCUT2D eigenvalue weighted by atomic mass is 35.5. The number of carbonyl (C=O) groups excluding carboxylic acids is 2. The molecule has 0 aromatic heterocycles. The Kier molecular flexibility index (Phi) is 4.83. The first kappa shape index (κ1) is 20.4. The van der Waals surface area contributed by atoms with Crippen LogP contribution in [0, 0.1) is 11.6 Å². The van der Waals surface area contributed by atoms with E-state index in [1.807, 2.05) is 0 Å². The van der Waals surface area contributed by atoms with Crippen LogP contribution in [0.25, 0.3) is 0 Å². The summed E-state index contributed by atoms with van der Waals surface area (Å²) in [6, 6.07) is 11.2. The van der Waals surface area contributed by atoms with Crippen molar-refractivity contribution in [1.82, 2.24) is 5.32 Å². The number of rotatable bonds is 2. The first-order chi connectivity index (χ1) is 15.3. The molecule has 0 saturated carbocycles. The van der Waals surface area contributed by atoms with Gasteiger partial charge in [-0.2, -0.15) is 0 Å². The number of aliphatic hydroxyl groups excluding tert-OH is 1. The predicted octanol–water partition coefficient (Wildman–Crippen LogP) is 4.54. The van der Waals surface area contributed by atoms with Crippen LogP contribution in [0.3, 0.4) is 0 Å². The molecule has 0 spiro atoms. The lowest BCUT2D eigenvalue weighted by atomic mass is 9.96. The Morgan fingerprint density at radius 3 is 2.59 bits per heavy atom. The van der Waals surface area contributed by atoms with Gasteiger partial charge in [-0.1, -0.05) is 17.7 Å². The highest BCUT2D eigenvalue weighted by molar-refractivity contribution is 6.31. The smallest absolute Gasteiger partial charge is 0.326 e. The number of nitrogens with one attached hydrogen (secondary N) is 2. The lowest BCUT2D eigenvalue weighted by Crippen LogP contribution is -2.34. The van der Waals surface area contributed by atoms with Gasteiger partial charge in [0, 0.05) is 33.0 Å². The number of nitrogens with zero attached hydrogens (tertiary/aromatic N) is 1. The van der Waals surface area contributed by atoms with Crippen LogP contribution in [-0.4, -0.2) is 23.6 Å². The van der Waals surface area contributed by atoms with E-state index < -0.39 is 29.8 Å². The van der Waals surface area contributed by atoms with Crippen LogP contribution in [0.2, 0.25) is 5.02 Å². The predicted molar refractivity (Wildman–Crippen MR) is 115 cm³/mol. The van der Waals surface area contributed by atoms with Crippen molar-refractivity contribution in [3.63, 3.8) is 0 Å². The van der Waals surface area contributed by atoms with Gasteiger partial charge < -0.3 is 15.7 Å². The molecule has 32 heavy (non-hydrogen) atoms. The first-order valence-electron chi connectivity index (χ1n) is 9.78. The van der Waals surface area contributed by atoms with Gasteiger partial charge in [0.15, 0.2) is 0 Å². The fourth-order valence-electron chi connectivity index (χ4n) is 4.22. The lowest BCUT2D eigenvalue weighted by molar-refractivity contribution is 0.0960. The average molecular weight is 456 g/mol. The number of β-amino-alcohol motifs (C(OH)–C–C–N with tert-alkyl or cyclic N) is 1. The number of fused-ring (bicyclic) bond motifs is 2. The van der Waals surface area contributed by atoms with Gasteiger partial charge in [-0.15, -0.1) is 0 Å². The third-order valence-electron chi connectivity index (χ3n) is 5.67. The second kappa shape index (κ2) is 7.58. The number of hydrogen-bond acceptors (Lipinski definition) is 3. The van der Waals surface area contributed by atoms with E-state index in [4.69, 9.17) is 11.6 Å². The quantitative estimate of drug-likeness (QED) is 0.530. The van der Waals surface area contributed by atoms with Gasteiger partial charge in [0.1, 0.15) is 11.6 Å². The Morgan fingerprint density at radius 1 is 1.09 bits per heavy atom. The van der Waals surface area contributed by atoms with Crippen molar-refractivity contribution < 1.29 is 23.5 Å². The summed E-state index contributed by atoms with van der Waals surface area (Å²) in [5.74, 6) is -1.40. The zero-order chi connectivity index (χ0) is 22.6. The van der Waals surface area contributed by atoms with E-state index >= 15 is 0 Å². The maximum Gasteiger partial charge on any atom is 0.326 e. The molecule has 3 aromatic rings. The van der Waals surface area contributed by atoms with Crippen LogP contribution in [-0.2, 0) is 0 Å². The van der Waals surface area contributed by atoms with Gasteiger partial charge in [-0.3, -0.25) is 9.69 Å². The summed E-state index contributed by atoms with van der Waals surface area (Å²) in [5, 5.41) is 16.0. The Balaban J connectivity index is 1.51. The van der Waals surface area contributed by atoms with Crippen LogP contribution in [0.15, 0.2) is 54.6 Å². The van der Waals surface area contributed by atoms with E-state index in [1.165, 1.54) is 41.3 Å². The summed E-state index contributed by atoms with van der Waals surface area (Å²) >= 11 is 6.27. The van der Waals surface area contributed by atoms with E-state index in [0.717, 1.165) is 0 Å². The van der Waals surface area contributed by atoms with E-state index in [9.17, 15) is 23.5 Å². The fraction of sp³-hybridized carbons (Fsp3) is 0.130. The van der Waals surface area contributed by atoms with Crippen molar-refractivity contribution in [2.75, 3.05) is 16.8 Å². The van der Waals surface area contributed by atoms with E-state index in [-0.39, 0.29) is 17.5 Å². The Labute approximate surface area is 186 Å². The van der Waals surface area contributed by atoms with Crippen molar-refractivity contribution in [3.8, 4) is 0 Å². The summed E-state index contributed by atoms with van der Waals surface area (Å²) in [7, 11) is 0. The third kappa shape index (κ3) is 3.28. The Morgan fingerprint density at radius 2 is 1.81 bits per heavy atom. The largest absolute Gasteiger partial charge is 0.386 e. The normalized spacial score (nSPS) is 18.9. The highest BCUT2D eigenvalue weighted by Crippen LogP contribution is 2.40. The second-order valence-corrected chi connectivity index (χ2v) is 8.01. The van der Waals surface area contributed by atoms with E-state index in [0.29, 0.717) is 33.6 Å². The molecular formula is C23H16ClF2N3O3. The summed E-state index contributed by atoms with van der Waals surface area (Å²) < 4.78 is 27.5. The molecule has 0 saturated heterocycles. The van der Waals surface area contributed by atoms with Gasteiger partial charge in [-0.25, -0.2) is 13.6 Å². The van der Waals surface area contributed by atoms with Crippen molar-refractivity contribution in [2.45, 2.75) is 12.1 Å². The topological polar surface area (TPSA) is 81.7 Å². The molecule has 3 amide bonds. The second-order valence-electron chi connectivity index (χ2n) is 7.60. The zero-order valence-electron chi connectivity index (χ0n) is 16.4. The van der Waals surface area contributed by atoms with Gasteiger partial charge in [0.25, 0.3) is 5.91 Å². The molecule has 2 aliphatic rings. The number of carbonyl (C=O) groups is 2. The van der Waals surface area contributed by atoms with Crippen LogP contribution >= 0.6 is 11.6 Å². The molecule has 0 unspecified atom stereocenters. The number of hydrogen-bond donors (Lipinski definition) is 3. The molecule has 0 bridgehead atoms. The highest BCUT2D eigenvalue weighted by Gasteiger charge is 2.36. The van der Waals surface area contributed by atoms with Gasteiger partial charge in [-0.05, 0) is 48.5 Å². The fourth-order valence-corrected chi connectivity index (χ4v) is 4.44. The minimum Gasteiger partial charge on any atom is -0.386 e. The minimum absolute atomic E-state index is 0.0457. The molecule has 0 radical (unpaired) electrons. The molecular weight excluding hydrogens is 440 g/mol. The van der Waals surface area contributed by atoms with Crippen LogP contribution in [0.5, 0.6) is 0 Å². The number of benzene rings is 3. The maximum absolute atomic E-state index is 13.9. The maximum atomic E-state index is 13.9. The molecule has 5 rings (SSSR count). The Hall–Kier alpha value is -3.49. The Bertz CT molecular complexity index is 1280. The van der Waals surface area contributed by atoms with Crippen molar-refractivity contribution in [1.29, 1.82) is 0 Å². The molecule has 3 aromatic carbocycles. The minimum atomic E-state index is -1.02. The molecule has 162 valence electrons. The number of amides is 3. The number of aliphatic hydroxyl groups is 1. The third-order valence-corrected chi connectivity index (χ3v) is 6.01.